The van der Waals surface area contributed by atoms with Crippen LogP contribution in [0.15, 0.2) is 60.7 Å². The lowest BCUT2D eigenvalue weighted by molar-refractivity contribution is -0.161. The Hall–Kier alpha value is -2.09. The summed E-state index contributed by atoms with van der Waals surface area (Å²) in [4.78, 5) is 13.3. The van der Waals surface area contributed by atoms with Crippen LogP contribution < -0.4 is 0 Å². The highest BCUT2D eigenvalue weighted by Crippen LogP contribution is 2.36. The Labute approximate surface area is 170 Å². The Bertz CT molecular complexity index is 681. The topological polar surface area (TPSA) is 26.3 Å². The maximum Gasteiger partial charge on any atom is 0.309 e. The zero-order valence-electron chi connectivity index (χ0n) is 17.5. The van der Waals surface area contributed by atoms with Gasteiger partial charge >= 0.3 is 5.97 Å². The number of esters is 1. The van der Waals surface area contributed by atoms with E-state index in [-0.39, 0.29) is 18.0 Å². The lowest BCUT2D eigenvalue weighted by Crippen LogP contribution is -2.38. The smallest absolute Gasteiger partial charge is 0.309 e. The highest BCUT2D eigenvalue weighted by atomic mass is 16.5. The third-order valence-electron chi connectivity index (χ3n) is 6.21. The van der Waals surface area contributed by atoms with E-state index in [4.69, 9.17) is 4.74 Å². The van der Waals surface area contributed by atoms with Gasteiger partial charge in [0.2, 0.25) is 0 Å². The average Bonchev–Trinajstić information content (AvgIpc) is 2.69. The van der Waals surface area contributed by atoms with Crippen LogP contribution in [0.5, 0.6) is 0 Å². The normalized spacial score (nSPS) is 22.4. The fourth-order valence-electron chi connectivity index (χ4n) is 4.53. The molecule has 2 aromatic rings. The zero-order valence-corrected chi connectivity index (χ0v) is 17.5. The summed E-state index contributed by atoms with van der Waals surface area (Å²) in [5.74, 6) is 1.49. The van der Waals surface area contributed by atoms with Gasteiger partial charge in [0.15, 0.2) is 0 Å². The van der Waals surface area contributed by atoms with Crippen molar-refractivity contribution in [1.29, 1.82) is 0 Å². The van der Waals surface area contributed by atoms with Crippen LogP contribution >= 0.6 is 0 Å². The van der Waals surface area contributed by atoms with Crippen LogP contribution in [0, 0.1) is 23.7 Å². The number of carbonyl (C=O) groups is 1. The number of hydrogen-bond acceptors (Lipinski definition) is 2. The summed E-state index contributed by atoms with van der Waals surface area (Å²) >= 11 is 0. The highest BCUT2D eigenvalue weighted by molar-refractivity contribution is 5.73. The van der Waals surface area contributed by atoms with Crippen LogP contribution in [-0.4, -0.2) is 12.1 Å². The molecule has 1 saturated carbocycles. The van der Waals surface area contributed by atoms with Gasteiger partial charge in [-0.1, -0.05) is 87.9 Å². The molecule has 2 heteroatoms. The van der Waals surface area contributed by atoms with Crippen molar-refractivity contribution in [2.45, 2.75) is 59.0 Å². The molecule has 0 N–H and O–H groups in total. The Morgan fingerprint density at radius 3 is 1.96 bits per heavy atom. The number of ether oxygens (including phenoxy) is 1. The van der Waals surface area contributed by atoms with Crippen LogP contribution in [0.1, 0.15) is 51.2 Å². The Morgan fingerprint density at radius 1 is 0.929 bits per heavy atom. The Morgan fingerprint density at radius 2 is 1.46 bits per heavy atom. The third kappa shape index (κ3) is 5.70. The molecule has 0 amide bonds. The molecule has 1 fully saturated rings. The summed E-state index contributed by atoms with van der Waals surface area (Å²) in [7, 11) is 0. The largest absolute Gasteiger partial charge is 0.462 e. The van der Waals surface area contributed by atoms with Gasteiger partial charge in [-0.2, -0.15) is 0 Å². The summed E-state index contributed by atoms with van der Waals surface area (Å²) in [6.45, 7) is 6.79. The molecule has 0 spiro atoms. The third-order valence-corrected chi connectivity index (χ3v) is 6.21. The van der Waals surface area contributed by atoms with Gasteiger partial charge in [0.1, 0.15) is 6.10 Å². The molecule has 0 aromatic heterocycles. The van der Waals surface area contributed by atoms with Crippen LogP contribution in [0.4, 0.5) is 0 Å². The quantitative estimate of drug-likeness (QED) is 0.545. The van der Waals surface area contributed by atoms with Crippen LogP contribution in [0.3, 0.4) is 0 Å². The van der Waals surface area contributed by atoms with E-state index in [1.807, 2.05) is 36.4 Å². The maximum atomic E-state index is 13.3. The standard InChI is InChI=1S/C26H34O2/c1-19(2)24-15-14-20(3)16-25(24)28-26(27)23(17-21-10-6-4-7-11-21)18-22-12-8-5-9-13-22/h4-13,19-20,23-25H,14-18H2,1-3H3/t20-,24+,25+/m1/s1. The molecule has 0 heterocycles. The molecule has 1 aliphatic rings. The lowest BCUT2D eigenvalue weighted by atomic mass is 9.75. The van der Waals surface area contributed by atoms with Crippen molar-refractivity contribution >= 4 is 5.97 Å². The van der Waals surface area contributed by atoms with Crippen LogP contribution in [-0.2, 0) is 22.4 Å². The lowest BCUT2D eigenvalue weighted by Gasteiger charge is -2.37. The van der Waals surface area contributed by atoms with Crippen molar-refractivity contribution in [1.82, 2.24) is 0 Å². The van der Waals surface area contributed by atoms with Gasteiger partial charge < -0.3 is 4.74 Å². The molecule has 0 bridgehead atoms. The zero-order chi connectivity index (χ0) is 19.9. The van der Waals surface area contributed by atoms with E-state index in [1.165, 1.54) is 24.0 Å². The predicted molar refractivity (Wildman–Crippen MR) is 115 cm³/mol. The first-order chi connectivity index (χ1) is 13.5. The second-order valence-corrected chi connectivity index (χ2v) is 8.88. The highest BCUT2D eigenvalue weighted by Gasteiger charge is 2.35. The van der Waals surface area contributed by atoms with E-state index in [0.29, 0.717) is 17.8 Å². The van der Waals surface area contributed by atoms with Gasteiger partial charge in [0.05, 0.1) is 5.92 Å². The molecule has 28 heavy (non-hydrogen) atoms. The average molecular weight is 379 g/mol. The van der Waals surface area contributed by atoms with E-state index in [9.17, 15) is 4.79 Å². The minimum absolute atomic E-state index is 0.0301. The molecule has 0 radical (unpaired) electrons. The van der Waals surface area contributed by atoms with E-state index >= 15 is 0 Å². The Kier molecular flexibility index (Phi) is 7.30. The molecule has 0 aliphatic heterocycles. The van der Waals surface area contributed by atoms with Crippen molar-refractivity contribution in [2.75, 3.05) is 0 Å². The molecule has 3 atom stereocenters. The van der Waals surface area contributed by atoms with Crippen LogP contribution in [0.25, 0.3) is 0 Å². The molecule has 150 valence electrons. The van der Waals surface area contributed by atoms with Crippen molar-refractivity contribution in [2.24, 2.45) is 23.7 Å². The minimum atomic E-state index is -0.144. The molecule has 2 nitrogen and oxygen atoms in total. The SMILES string of the molecule is CC(C)[C@@H]1CC[C@@H](C)C[C@@H]1OC(=O)C(Cc1ccccc1)Cc1ccccc1. The van der Waals surface area contributed by atoms with Crippen molar-refractivity contribution in [3.8, 4) is 0 Å². The van der Waals surface area contributed by atoms with Crippen molar-refractivity contribution < 1.29 is 9.53 Å². The fourth-order valence-corrected chi connectivity index (χ4v) is 4.53. The van der Waals surface area contributed by atoms with Crippen LogP contribution in [0.2, 0.25) is 0 Å². The monoisotopic (exact) mass is 378 g/mol. The fraction of sp³-hybridized carbons (Fsp3) is 0.500. The summed E-state index contributed by atoms with van der Waals surface area (Å²) in [5, 5.41) is 0. The van der Waals surface area contributed by atoms with E-state index in [1.54, 1.807) is 0 Å². The van der Waals surface area contributed by atoms with E-state index in [0.717, 1.165) is 19.3 Å². The summed E-state index contributed by atoms with van der Waals surface area (Å²) in [6.07, 6.45) is 4.92. The Balaban J connectivity index is 1.75. The van der Waals surface area contributed by atoms with Crippen molar-refractivity contribution in [3.63, 3.8) is 0 Å². The summed E-state index contributed by atoms with van der Waals surface area (Å²) < 4.78 is 6.20. The number of carbonyl (C=O) groups excluding carboxylic acids is 1. The molecule has 1 aliphatic carbocycles. The number of rotatable bonds is 7. The molecule has 0 saturated heterocycles. The van der Waals surface area contributed by atoms with Gasteiger partial charge in [-0.3, -0.25) is 4.79 Å². The second kappa shape index (κ2) is 9.91. The van der Waals surface area contributed by atoms with Crippen molar-refractivity contribution in [3.05, 3.63) is 71.8 Å². The van der Waals surface area contributed by atoms with Gasteiger partial charge in [-0.15, -0.1) is 0 Å². The molecular formula is C26H34O2. The maximum absolute atomic E-state index is 13.3. The molecule has 3 rings (SSSR count). The van der Waals surface area contributed by atoms with Gasteiger partial charge in [-0.05, 0) is 54.6 Å². The van der Waals surface area contributed by atoms with E-state index < -0.39 is 0 Å². The number of hydrogen-bond donors (Lipinski definition) is 0. The van der Waals surface area contributed by atoms with E-state index in [2.05, 4.69) is 45.0 Å². The van der Waals surface area contributed by atoms with Gasteiger partial charge in [-0.25, -0.2) is 0 Å². The summed E-state index contributed by atoms with van der Waals surface area (Å²) in [5.41, 5.74) is 2.38. The summed E-state index contributed by atoms with van der Waals surface area (Å²) in [6, 6.07) is 20.6. The molecule has 0 unspecified atom stereocenters. The second-order valence-electron chi connectivity index (χ2n) is 8.88. The first-order valence-electron chi connectivity index (χ1n) is 10.8. The molecular weight excluding hydrogens is 344 g/mol. The van der Waals surface area contributed by atoms with Gasteiger partial charge in [0, 0.05) is 0 Å². The predicted octanol–water partition coefficient (Wildman–Crippen LogP) is 6.09. The first kappa shape index (κ1) is 20.6. The number of benzene rings is 2. The minimum Gasteiger partial charge on any atom is -0.462 e. The van der Waals surface area contributed by atoms with Gasteiger partial charge in [0.25, 0.3) is 0 Å². The molecule has 2 aromatic carbocycles. The first-order valence-corrected chi connectivity index (χ1v) is 10.8.